The Labute approximate surface area is 224 Å². The average molecular weight is 538 g/mol. The van der Waals surface area contributed by atoms with Gasteiger partial charge in [0.25, 0.3) is 5.56 Å². The van der Waals surface area contributed by atoms with Crippen molar-refractivity contribution in [2.45, 2.75) is 39.8 Å². The molecule has 2 aromatic heterocycles. The first-order valence-electron chi connectivity index (χ1n) is 12.7. The summed E-state index contributed by atoms with van der Waals surface area (Å²) in [7, 11) is 0. The Balaban J connectivity index is 1.58. The Hall–Kier alpha value is -3.63. The summed E-state index contributed by atoms with van der Waals surface area (Å²) in [5.41, 5.74) is 1.38. The Morgan fingerprint density at radius 3 is 2.61 bits per heavy atom. The maximum Gasteiger partial charge on any atom is 0.338 e. The van der Waals surface area contributed by atoms with Crippen LogP contribution in [0.5, 0.6) is 5.75 Å². The molecule has 1 saturated heterocycles. The summed E-state index contributed by atoms with van der Waals surface area (Å²) in [4.78, 5) is 34.1. The second-order valence-electron chi connectivity index (χ2n) is 9.31. The summed E-state index contributed by atoms with van der Waals surface area (Å²) in [6, 6.07) is 10.5. The van der Waals surface area contributed by atoms with Crippen molar-refractivity contribution in [3.8, 4) is 5.75 Å². The predicted octanol–water partition coefficient (Wildman–Crippen LogP) is 3.02. The molecular formula is C28H31N3O6S. The lowest BCUT2D eigenvalue weighted by molar-refractivity contribution is -0.139. The summed E-state index contributed by atoms with van der Waals surface area (Å²) in [6.07, 6.45) is 1.76. The molecule has 0 unspecified atom stereocenters. The molecule has 38 heavy (non-hydrogen) atoms. The molecule has 0 saturated carbocycles. The standard InChI is InChI=1S/C28H31N3O6S/c1-5-35-27(33)24-18(4)29-28-31(25(24)19-6-8-20(9-7-19)36-17(2)3)26(32)22(38-28)16-21-10-11-23(37-21)30-12-14-34-15-13-30/h6-11,16-17,25H,5,12-15H2,1-4H3/b22-16-/t25-/m0/s1. The molecule has 10 heteroatoms. The molecule has 3 aromatic rings. The van der Waals surface area contributed by atoms with E-state index in [1.54, 1.807) is 24.5 Å². The van der Waals surface area contributed by atoms with Crippen LogP contribution >= 0.6 is 11.3 Å². The molecule has 0 N–H and O–H groups in total. The lowest BCUT2D eigenvalue weighted by Crippen LogP contribution is -2.39. The summed E-state index contributed by atoms with van der Waals surface area (Å²) in [5.74, 6) is 1.54. The smallest absolute Gasteiger partial charge is 0.338 e. The molecule has 1 aromatic carbocycles. The van der Waals surface area contributed by atoms with Gasteiger partial charge in [0, 0.05) is 25.2 Å². The van der Waals surface area contributed by atoms with E-state index in [9.17, 15) is 9.59 Å². The lowest BCUT2D eigenvalue weighted by Gasteiger charge is -2.26. The fourth-order valence-corrected chi connectivity index (χ4v) is 5.64. The number of esters is 1. The van der Waals surface area contributed by atoms with Crippen molar-refractivity contribution >= 4 is 29.3 Å². The number of morpholine rings is 1. The van der Waals surface area contributed by atoms with E-state index in [1.165, 1.54) is 11.3 Å². The van der Waals surface area contributed by atoms with Crippen molar-refractivity contribution in [1.29, 1.82) is 0 Å². The van der Waals surface area contributed by atoms with Crippen LogP contribution in [0.4, 0.5) is 5.88 Å². The number of furan rings is 1. The number of fused-ring (bicyclic) bond motifs is 1. The molecule has 0 spiro atoms. The number of rotatable bonds is 7. The summed E-state index contributed by atoms with van der Waals surface area (Å²) in [5, 5.41) is 0. The second-order valence-corrected chi connectivity index (χ2v) is 10.3. The molecule has 4 heterocycles. The SMILES string of the molecule is CCOC(=O)C1=C(C)N=c2s/c(=C\c3ccc(N4CCOCC4)o3)c(=O)n2[C@H]1c1ccc(OC(C)C)cc1. The minimum Gasteiger partial charge on any atom is -0.491 e. The first kappa shape index (κ1) is 26.0. The van der Waals surface area contributed by atoms with E-state index in [-0.39, 0.29) is 18.3 Å². The largest absolute Gasteiger partial charge is 0.491 e. The minimum atomic E-state index is -0.680. The maximum absolute atomic E-state index is 13.8. The average Bonchev–Trinajstić information content (AvgIpc) is 3.48. The highest BCUT2D eigenvalue weighted by atomic mass is 32.1. The molecule has 5 rings (SSSR count). The number of allylic oxidation sites excluding steroid dienone is 1. The number of aromatic nitrogens is 1. The number of ether oxygens (including phenoxy) is 3. The Morgan fingerprint density at radius 1 is 1.18 bits per heavy atom. The van der Waals surface area contributed by atoms with Gasteiger partial charge < -0.3 is 23.5 Å². The molecule has 0 radical (unpaired) electrons. The third-order valence-corrected chi connectivity index (χ3v) is 7.28. The third kappa shape index (κ3) is 5.19. The number of carbonyl (C=O) groups excluding carboxylic acids is 1. The van der Waals surface area contributed by atoms with Crippen molar-refractivity contribution in [2.75, 3.05) is 37.8 Å². The van der Waals surface area contributed by atoms with Gasteiger partial charge in [0.15, 0.2) is 10.7 Å². The molecule has 200 valence electrons. The number of anilines is 1. The minimum absolute atomic E-state index is 0.0288. The van der Waals surface area contributed by atoms with Gasteiger partial charge in [-0.1, -0.05) is 23.5 Å². The topological polar surface area (TPSA) is 95.5 Å². The van der Waals surface area contributed by atoms with Gasteiger partial charge in [-0.15, -0.1) is 0 Å². The monoisotopic (exact) mass is 537 g/mol. The zero-order chi connectivity index (χ0) is 26.8. The molecule has 0 aliphatic carbocycles. The molecule has 0 bridgehead atoms. The fraction of sp³-hybridized carbons (Fsp3) is 0.393. The highest BCUT2D eigenvalue weighted by molar-refractivity contribution is 7.07. The van der Waals surface area contributed by atoms with Crippen LogP contribution < -0.4 is 24.5 Å². The zero-order valence-corrected chi connectivity index (χ0v) is 22.7. The first-order valence-corrected chi connectivity index (χ1v) is 13.6. The molecular weight excluding hydrogens is 506 g/mol. The molecule has 1 atom stereocenters. The van der Waals surface area contributed by atoms with E-state index in [2.05, 4.69) is 9.89 Å². The lowest BCUT2D eigenvalue weighted by atomic mass is 9.96. The summed E-state index contributed by atoms with van der Waals surface area (Å²) >= 11 is 1.27. The van der Waals surface area contributed by atoms with Crippen LogP contribution in [-0.4, -0.2) is 49.6 Å². The quantitative estimate of drug-likeness (QED) is 0.428. The van der Waals surface area contributed by atoms with Crippen LogP contribution in [0, 0.1) is 0 Å². The van der Waals surface area contributed by atoms with Gasteiger partial charge in [-0.05, 0) is 51.5 Å². The summed E-state index contributed by atoms with van der Waals surface area (Å²) in [6.45, 7) is 10.5. The van der Waals surface area contributed by atoms with Gasteiger partial charge in [-0.2, -0.15) is 0 Å². The predicted molar refractivity (Wildman–Crippen MR) is 144 cm³/mol. The first-order chi connectivity index (χ1) is 18.4. The van der Waals surface area contributed by atoms with Crippen LogP contribution in [0.3, 0.4) is 0 Å². The van der Waals surface area contributed by atoms with Crippen molar-refractivity contribution < 1.29 is 23.4 Å². The van der Waals surface area contributed by atoms with Crippen molar-refractivity contribution in [2.24, 2.45) is 4.99 Å². The number of benzene rings is 1. The van der Waals surface area contributed by atoms with E-state index >= 15 is 0 Å². The molecule has 2 aliphatic rings. The van der Waals surface area contributed by atoms with E-state index < -0.39 is 12.0 Å². The van der Waals surface area contributed by atoms with E-state index in [4.69, 9.17) is 18.6 Å². The highest BCUT2D eigenvalue weighted by Gasteiger charge is 2.33. The molecule has 1 fully saturated rings. The molecule has 9 nitrogen and oxygen atoms in total. The van der Waals surface area contributed by atoms with Crippen LogP contribution in [0.15, 0.2) is 61.9 Å². The van der Waals surface area contributed by atoms with Crippen LogP contribution in [0.1, 0.15) is 45.1 Å². The third-order valence-electron chi connectivity index (χ3n) is 6.29. The Bertz CT molecular complexity index is 1520. The normalized spacial score (nSPS) is 18.0. The van der Waals surface area contributed by atoms with E-state index in [0.717, 1.165) is 24.5 Å². The van der Waals surface area contributed by atoms with Crippen LogP contribution in [0.25, 0.3) is 6.08 Å². The zero-order valence-electron chi connectivity index (χ0n) is 21.9. The Morgan fingerprint density at radius 2 is 1.92 bits per heavy atom. The second kappa shape index (κ2) is 11.0. The number of nitrogens with zero attached hydrogens (tertiary/aromatic N) is 3. The Kier molecular flexibility index (Phi) is 7.53. The molecule has 2 aliphatic heterocycles. The van der Waals surface area contributed by atoms with Gasteiger partial charge in [0.2, 0.25) is 0 Å². The van der Waals surface area contributed by atoms with Crippen molar-refractivity contribution in [3.63, 3.8) is 0 Å². The van der Waals surface area contributed by atoms with Crippen molar-refractivity contribution in [1.82, 2.24) is 4.57 Å². The fourth-order valence-electron chi connectivity index (χ4n) is 4.61. The van der Waals surface area contributed by atoms with E-state index in [1.807, 2.05) is 50.2 Å². The number of hydrogen-bond acceptors (Lipinski definition) is 9. The van der Waals surface area contributed by atoms with Crippen LogP contribution in [0.2, 0.25) is 0 Å². The van der Waals surface area contributed by atoms with E-state index in [0.29, 0.717) is 45.3 Å². The summed E-state index contributed by atoms with van der Waals surface area (Å²) < 4.78 is 24.6. The highest BCUT2D eigenvalue weighted by Crippen LogP contribution is 2.32. The van der Waals surface area contributed by atoms with Crippen molar-refractivity contribution in [3.05, 3.63) is 78.7 Å². The van der Waals surface area contributed by atoms with Gasteiger partial charge in [-0.3, -0.25) is 9.36 Å². The van der Waals surface area contributed by atoms with Gasteiger partial charge in [0.05, 0.1) is 47.8 Å². The van der Waals surface area contributed by atoms with Gasteiger partial charge in [-0.25, -0.2) is 9.79 Å². The van der Waals surface area contributed by atoms with Gasteiger partial charge in [0.1, 0.15) is 11.5 Å². The number of carbonyl (C=O) groups is 1. The number of thiazole rings is 1. The maximum atomic E-state index is 13.8. The number of hydrogen-bond donors (Lipinski definition) is 0. The van der Waals surface area contributed by atoms with Crippen LogP contribution in [-0.2, 0) is 14.3 Å². The van der Waals surface area contributed by atoms with Gasteiger partial charge >= 0.3 is 5.97 Å². The molecule has 0 amide bonds.